The third-order valence-electron chi connectivity index (χ3n) is 4.07. The Bertz CT molecular complexity index is 876. The maximum absolute atomic E-state index is 12.3. The molecular formula is C19H21N5OS. The van der Waals surface area contributed by atoms with Crippen LogP contribution in [0, 0.1) is 0 Å². The predicted molar refractivity (Wildman–Crippen MR) is 104 cm³/mol. The van der Waals surface area contributed by atoms with E-state index < -0.39 is 0 Å². The Labute approximate surface area is 157 Å². The van der Waals surface area contributed by atoms with Gasteiger partial charge in [0.1, 0.15) is 0 Å². The number of nitrogens with one attached hydrogen (secondary N) is 1. The summed E-state index contributed by atoms with van der Waals surface area (Å²) in [5.41, 5.74) is 4.02. The van der Waals surface area contributed by atoms with Gasteiger partial charge in [-0.05, 0) is 58.9 Å². The van der Waals surface area contributed by atoms with E-state index in [1.54, 1.807) is 4.68 Å². The molecule has 0 saturated carbocycles. The molecule has 6 nitrogen and oxygen atoms in total. The molecular weight excluding hydrogens is 346 g/mol. The van der Waals surface area contributed by atoms with Gasteiger partial charge in [0.25, 0.3) is 0 Å². The van der Waals surface area contributed by atoms with Crippen molar-refractivity contribution < 1.29 is 4.79 Å². The first-order chi connectivity index (χ1) is 12.7. The normalized spacial score (nSPS) is 10.7. The van der Waals surface area contributed by atoms with Gasteiger partial charge in [0.15, 0.2) is 0 Å². The number of hydrogen-bond donors (Lipinski definition) is 1. The van der Waals surface area contributed by atoms with Crippen LogP contribution in [-0.4, -0.2) is 32.4 Å². The van der Waals surface area contributed by atoms with Crippen LogP contribution in [0.5, 0.6) is 0 Å². The minimum absolute atomic E-state index is 0.0106. The molecule has 1 N–H and O–H groups in total. The maximum atomic E-state index is 12.3. The minimum Gasteiger partial charge on any atom is -0.326 e. The highest BCUT2D eigenvalue weighted by Crippen LogP contribution is 2.19. The summed E-state index contributed by atoms with van der Waals surface area (Å²) in [7, 11) is 0. The Morgan fingerprint density at radius 2 is 1.92 bits per heavy atom. The first kappa shape index (κ1) is 18.1. The van der Waals surface area contributed by atoms with Gasteiger partial charge >= 0.3 is 0 Å². The molecule has 3 rings (SSSR count). The average molecular weight is 367 g/mol. The molecule has 134 valence electrons. The molecule has 7 heteroatoms. The molecule has 0 aliphatic heterocycles. The predicted octanol–water partition coefficient (Wildman–Crippen LogP) is 3.52. The molecule has 0 aliphatic carbocycles. The number of thioether (sulfide) groups is 1. The lowest BCUT2D eigenvalue weighted by atomic mass is 10.1. The lowest BCUT2D eigenvalue weighted by Gasteiger charge is -2.08. The summed E-state index contributed by atoms with van der Waals surface area (Å²) in [6.07, 6.45) is 4.10. The zero-order chi connectivity index (χ0) is 18.4. The monoisotopic (exact) mass is 367 g/mol. The Morgan fingerprint density at radius 3 is 2.65 bits per heavy atom. The van der Waals surface area contributed by atoms with Gasteiger partial charge in [-0.25, -0.2) is 0 Å². The molecule has 0 unspecified atom stereocenters. The van der Waals surface area contributed by atoms with Crippen LogP contribution in [0.4, 0.5) is 5.69 Å². The fourth-order valence-corrected chi connectivity index (χ4v) is 3.04. The van der Waals surface area contributed by atoms with Crippen molar-refractivity contribution in [1.82, 2.24) is 20.2 Å². The van der Waals surface area contributed by atoms with E-state index in [-0.39, 0.29) is 5.91 Å². The molecule has 0 fully saturated rings. The highest BCUT2D eigenvalue weighted by molar-refractivity contribution is 7.98. The molecule has 1 amide bonds. The van der Waals surface area contributed by atoms with Crippen LogP contribution in [0.25, 0.3) is 5.69 Å². The van der Waals surface area contributed by atoms with Crippen molar-refractivity contribution in [2.24, 2.45) is 0 Å². The van der Waals surface area contributed by atoms with E-state index in [1.165, 1.54) is 22.9 Å². The molecule has 0 radical (unpaired) electrons. The van der Waals surface area contributed by atoms with Gasteiger partial charge in [-0.15, -0.1) is 5.10 Å². The van der Waals surface area contributed by atoms with Gasteiger partial charge in [-0.3, -0.25) is 4.79 Å². The molecule has 0 aliphatic rings. The zero-order valence-electron chi connectivity index (χ0n) is 14.8. The van der Waals surface area contributed by atoms with E-state index in [4.69, 9.17) is 0 Å². The van der Waals surface area contributed by atoms with Gasteiger partial charge in [0.05, 0.1) is 5.69 Å². The number of carbonyl (C=O) groups excluding carboxylic acids is 1. The summed E-state index contributed by atoms with van der Waals surface area (Å²) in [5, 5.41) is 15.3. The van der Waals surface area contributed by atoms with Crippen molar-refractivity contribution in [1.29, 1.82) is 0 Å². The van der Waals surface area contributed by atoms with Crippen molar-refractivity contribution >= 4 is 23.4 Å². The van der Waals surface area contributed by atoms with E-state index in [9.17, 15) is 4.79 Å². The number of amides is 1. The van der Waals surface area contributed by atoms with E-state index in [1.807, 2.05) is 30.5 Å². The van der Waals surface area contributed by atoms with Gasteiger partial charge in [0.2, 0.25) is 11.1 Å². The summed E-state index contributed by atoms with van der Waals surface area (Å²) in [6, 6.07) is 15.9. The highest BCUT2D eigenvalue weighted by Gasteiger charge is 2.09. The molecule has 0 atom stereocenters. The smallest absolute Gasteiger partial charge is 0.224 e. The van der Waals surface area contributed by atoms with Crippen LogP contribution in [0.15, 0.2) is 53.7 Å². The van der Waals surface area contributed by atoms with Crippen molar-refractivity contribution in [3.05, 3.63) is 59.7 Å². The SMILES string of the molecule is CCc1ccc(CCC(=O)Nc2cccc(-n3nnnc3SC)c2)cc1. The van der Waals surface area contributed by atoms with Crippen LogP contribution in [0.3, 0.4) is 0 Å². The Kier molecular flexibility index (Phi) is 6.01. The van der Waals surface area contributed by atoms with Crippen molar-refractivity contribution in [3.63, 3.8) is 0 Å². The van der Waals surface area contributed by atoms with Crippen molar-refractivity contribution in [2.45, 2.75) is 31.3 Å². The number of anilines is 1. The van der Waals surface area contributed by atoms with Crippen LogP contribution >= 0.6 is 11.8 Å². The minimum atomic E-state index is -0.0106. The van der Waals surface area contributed by atoms with Gasteiger partial charge in [-0.1, -0.05) is 49.0 Å². The topological polar surface area (TPSA) is 72.7 Å². The van der Waals surface area contributed by atoms with Crippen molar-refractivity contribution in [3.8, 4) is 5.69 Å². The Balaban J connectivity index is 1.61. The van der Waals surface area contributed by atoms with E-state index in [2.05, 4.69) is 52.0 Å². The summed E-state index contributed by atoms with van der Waals surface area (Å²) in [6.45, 7) is 2.13. The quantitative estimate of drug-likeness (QED) is 0.647. The Morgan fingerprint density at radius 1 is 1.15 bits per heavy atom. The second-order valence-corrected chi connectivity index (χ2v) is 6.62. The number of carbonyl (C=O) groups is 1. The largest absolute Gasteiger partial charge is 0.326 e. The number of aromatic nitrogens is 4. The number of benzene rings is 2. The third kappa shape index (κ3) is 4.49. The number of nitrogens with zero attached hydrogens (tertiary/aromatic N) is 4. The summed E-state index contributed by atoms with van der Waals surface area (Å²) < 4.78 is 1.65. The molecule has 0 bridgehead atoms. The first-order valence-electron chi connectivity index (χ1n) is 8.50. The van der Waals surface area contributed by atoms with E-state index >= 15 is 0 Å². The first-order valence-corrected chi connectivity index (χ1v) is 9.72. The average Bonchev–Trinajstić information content (AvgIpc) is 3.16. The Hall–Kier alpha value is -2.67. The highest BCUT2D eigenvalue weighted by atomic mass is 32.2. The van der Waals surface area contributed by atoms with E-state index in [0.29, 0.717) is 11.6 Å². The lowest BCUT2D eigenvalue weighted by molar-refractivity contribution is -0.116. The van der Waals surface area contributed by atoms with Crippen LogP contribution in [0.1, 0.15) is 24.5 Å². The fraction of sp³-hybridized carbons (Fsp3) is 0.263. The van der Waals surface area contributed by atoms with Gasteiger partial charge in [0, 0.05) is 12.1 Å². The molecule has 1 heterocycles. The summed E-state index contributed by atoms with van der Waals surface area (Å²) in [4.78, 5) is 12.3. The van der Waals surface area contributed by atoms with Crippen LogP contribution in [0.2, 0.25) is 0 Å². The van der Waals surface area contributed by atoms with Crippen molar-refractivity contribution in [2.75, 3.05) is 11.6 Å². The second kappa shape index (κ2) is 8.62. The van der Waals surface area contributed by atoms with E-state index in [0.717, 1.165) is 24.2 Å². The second-order valence-electron chi connectivity index (χ2n) is 5.85. The number of rotatable bonds is 7. The molecule has 3 aromatic rings. The summed E-state index contributed by atoms with van der Waals surface area (Å²) >= 11 is 1.46. The number of aryl methyl sites for hydroxylation is 2. The number of tetrazole rings is 1. The standard InChI is InChI=1S/C19H21N5OS/c1-3-14-7-9-15(10-8-14)11-12-18(25)20-16-5-4-6-17(13-16)24-19(26-2)21-22-23-24/h4-10,13H,3,11-12H2,1-2H3,(H,20,25). The summed E-state index contributed by atoms with van der Waals surface area (Å²) in [5.74, 6) is -0.0106. The molecule has 0 spiro atoms. The molecule has 1 aromatic heterocycles. The van der Waals surface area contributed by atoms with Gasteiger partial charge in [-0.2, -0.15) is 4.68 Å². The van der Waals surface area contributed by atoms with Crippen LogP contribution in [-0.2, 0) is 17.6 Å². The maximum Gasteiger partial charge on any atom is 0.224 e. The molecule has 26 heavy (non-hydrogen) atoms. The van der Waals surface area contributed by atoms with Gasteiger partial charge < -0.3 is 5.32 Å². The fourth-order valence-electron chi connectivity index (χ4n) is 2.61. The zero-order valence-corrected chi connectivity index (χ0v) is 15.7. The third-order valence-corrected chi connectivity index (χ3v) is 4.69. The molecule has 0 saturated heterocycles. The van der Waals surface area contributed by atoms with Crippen LogP contribution < -0.4 is 5.32 Å². The number of hydrogen-bond acceptors (Lipinski definition) is 5. The molecule has 2 aromatic carbocycles. The lowest BCUT2D eigenvalue weighted by Crippen LogP contribution is -2.12.